The molecule has 0 bridgehead atoms. The molecule has 0 N–H and O–H groups in total. The second-order valence-corrected chi connectivity index (χ2v) is 8.02. The van der Waals surface area contributed by atoms with Crippen LogP contribution in [0.3, 0.4) is 0 Å². The normalized spacial score (nSPS) is 13.3. The summed E-state index contributed by atoms with van der Waals surface area (Å²) in [6.07, 6.45) is -3.35. The first-order chi connectivity index (χ1) is 11.9. The molecule has 1 atom stereocenters. The van der Waals surface area contributed by atoms with Gasteiger partial charge in [-0.1, -0.05) is 12.1 Å². The Kier molecular flexibility index (Phi) is 5.46. The standard InChI is InChI=1S/C18H18F3NO3S/c1-12(13-6-10-16(11-7-13)26(3,24)25)22(2)17(23)14-4-8-15(9-5-14)18(19,20)21/h4-12H,1-3H3. The monoisotopic (exact) mass is 385 g/mol. The summed E-state index contributed by atoms with van der Waals surface area (Å²) in [6, 6.07) is 9.75. The molecule has 0 heterocycles. The summed E-state index contributed by atoms with van der Waals surface area (Å²) >= 11 is 0. The Morgan fingerprint density at radius 1 is 1.00 bits per heavy atom. The van der Waals surface area contributed by atoms with Gasteiger partial charge in [0.05, 0.1) is 16.5 Å². The van der Waals surface area contributed by atoms with Gasteiger partial charge in [-0.3, -0.25) is 4.79 Å². The number of rotatable bonds is 4. The van der Waals surface area contributed by atoms with Crippen LogP contribution in [0, 0.1) is 0 Å². The predicted octanol–water partition coefficient (Wildman–Crippen LogP) is 3.94. The van der Waals surface area contributed by atoms with E-state index in [4.69, 9.17) is 0 Å². The van der Waals surface area contributed by atoms with Crippen molar-refractivity contribution in [2.45, 2.75) is 24.0 Å². The van der Waals surface area contributed by atoms with Gasteiger partial charge in [-0.25, -0.2) is 8.42 Å². The predicted molar refractivity (Wildman–Crippen MR) is 91.5 cm³/mol. The third kappa shape index (κ3) is 4.43. The third-order valence-electron chi connectivity index (χ3n) is 4.15. The lowest BCUT2D eigenvalue weighted by Crippen LogP contribution is -2.29. The molecule has 0 aliphatic carbocycles. The van der Waals surface area contributed by atoms with Gasteiger partial charge in [0.1, 0.15) is 0 Å². The highest BCUT2D eigenvalue weighted by Gasteiger charge is 2.30. The molecule has 8 heteroatoms. The molecule has 2 aromatic rings. The molecule has 1 amide bonds. The average Bonchev–Trinajstić information content (AvgIpc) is 2.58. The van der Waals surface area contributed by atoms with E-state index in [-0.39, 0.29) is 10.5 Å². The van der Waals surface area contributed by atoms with E-state index < -0.39 is 33.5 Å². The fourth-order valence-corrected chi connectivity index (χ4v) is 3.03. The van der Waals surface area contributed by atoms with Crippen molar-refractivity contribution in [2.24, 2.45) is 0 Å². The molecule has 4 nitrogen and oxygen atoms in total. The Labute approximate surface area is 150 Å². The molecule has 2 aromatic carbocycles. The lowest BCUT2D eigenvalue weighted by Gasteiger charge is -2.25. The van der Waals surface area contributed by atoms with Gasteiger partial charge in [0.25, 0.3) is 5.91 Å². The van der Waals surface area contributed by atoms with Crippen molar-refractivity contribution in [3.8, 4) is 0 Å². The molecule has 0 aliphatic rings. The van der Waals surface area contributed by atoms with Crippen LogP contribution < -0.4 is 0 Å². The minimum absolute atomic E-state index is 0.139. The van der Waals surface area contributed by atoms with E-state index in [0.717, 1.165) is 30.5 Å². The zero-order valence-electron chi connectivity index (χ0n) is 14.4. The first-order valence-corrected chi connectivity index (χ1v) is 9.55. The molecule has 1 unspecified atom stereocenters. The van der Waals surface area contributed by atoms with Crippen molar-refractivity contribution in [2.75, 3.05) is 13.3 Å². The summed E-state index contributed by atoms with van der Waals surface area (Å²) in [7, 11) is -1.78. The zero-order valence-corrected chi connectivity index (χ0v) is 15.2. The topological polar surface area (TPSA) is 54.5 Å². The Hall–Kier alpha value is -2.35. The SMILES string of the molecule is CC(c1ccc(S(C)(=O)=O)cc1)N(C)C(=O)c1ccc(C(F)(F)F)cc1. The summed E-state index contributed by atoms with van der Waals surface area (Å²) < 4.78 is 60.8. The summed E-state index contributed by atoms with van der Waals surface area (Å²) in [4.78, 5) is 14.1. The number of sulfone groups is 1. The van der Waals surface area contributed by atoms with E-state index in [2.05, 4.69) is 0 Å². The van der Waals surface area contributed by atoms with Gasteiger partial charge in [-0.15, -0.1) is 0 Å². The average molecular weight is 385 g/mol. The fourth-order valence-electron chi connectivity index (χ4n) is 2.40. The van der Waals surface area contributed by atoms with Gasteiger partial charge in [0, 0.05) is 18.9 Å². The third-order valence-corrected chi connectivity index (χ3v) is 5.28. The van der Waals surface area contributed by atoms with Crippen LogP contribution in [-0.4, -0.2) is 32.5 Å². The van der Waals surface area contributed by atoms with E-state index in [1.165, 1.54) is 24.1 Å². The van der Waals surface area contributed by atoms with Gasteiger partial charge in [-0.05, 0) is 48.9 Å². The second-order valence-electron chi connectivity index (χ2n) is 6.01. The summed E-state index contributed by atoms with van der Waals surface area (Å²) in [5.41, 5.74) is 0.0291. The molecule has 0 aliphatic heterocycles. The molecule has 0 saturated heterocycles. The number of carbonyl (C=O) groups is 1. The Morgan fingerprint density at radius 2 is 1.50 bits per heavy atom. The van der Waals surface area contributed by atoms with E-state index in [9.17, 15) is 26.4 Å². The van der Waals surface area contributed by atoms with Crippen molar-refractivity contribution in [3.05, 3.63) is 65.2 Å². The number of benzene rings is 2. The van der Waals surface area contributed by atoms with Crippen molar-refractivity contribution < 1.29 is 26.4 Å². The minimum Gasteiger partial charge on any atom is -0.335 e. The maximum absolute atomic E-state index is 12.6. The lowest BCUT2D eigenvalue weighted by molar-refractivity contribution is -0.137. The molecule has 0 spiro atoms. The van der Waals surface area contributed by atoms with Crippen LogP contribution in [0.25, 0.3) is 0 Å². The maximum Gasteiger partial charge on any atom is 0.416 e. The van der Waals surface area contributed by atoms with Crippen molar-refractivity contribution >= 4 is 15.7 Å². The molecule has 140 valence electrons. The highest BCUT2D eigenvalue weighted by Crippen LogP contribution is 2.29. The number of amides is 1. The molecule has 2 rings (SSSR count). The second kappa shape index (κ2) is 7.11. The van der Waals surface area contributed by atoms with Crippen molar-refractivity contribution in [3.63, 3.8) is 0 Å². The van der Waals surface area contributed by atoms with Gasteiger partial charge >= 0.3 is 6.18 Å². The first kappa shape index (κ1) is 20.0. The number of nitrogens with zero attached hydrogens (tertiary/aromatic N) is 1. The number of alkyl halides is 3. The van der Waals surface area contributed by atoms with Crippen LogP contribution >= 0.6 is 0 Å². The largest absolute Gasteiger partial charge is 0.416 e. The van der Waals surface area contributed by atoms with E-state index >= 15 is 0 Å². The number of halogens is 3. The molecular weight excluding hydrogens is 367 g/mol. The molecule has 0 fully saturated rings. The fraction of sp³-hybridized carbons (Fsp3) is 0.278. The Morgan fingerprint density at radius 3 is 1.92 bits per heavy atom. The lowest BCUT2D eigenvalue weighted by atomic mass is 10.1. The first-order valence-electron chi connectivity index (χ1n) is 7.65. The van der Waals surface area contributed by atoms with Crippen LogP contribution in [0.4, 0.5) is 13.2 Å². The van der Waals surface area contributed by atoms with Crippen molar-refractivity contribution in [1.29, 1.82) is 0 Å². The molecule has 0 saturated carbocycles. The highest BCUT2D eigenvalue weighted by atomic mass is 32.2. The van der Waals surface area contributed by atoms with E-state index in [0.29, 0.717) is 5.56 Å². The molecule has 0 radical (unpaired) electrons. The summed E-state index contributed by atoms with van der Waals surface area (Å²) in [5, 5.41) is 0. The molecule has 26 heavy (non-hydrogen) atoms. The number of hydrogen-bond donors (Lipinski definition) is 0. The van der Waals surface area contributed by atoms with Gasteiger partial charge in [-0.2, -0.15) is 13.2 Å². The van der Waals surface area contributed by atoms with Crippen LogP contribution in [0.5, 0.6) is 0 Å². The number of hydrogen-bond acceptors (Lipinski definition) is 3. The highest BCUT2D eigenvalue weighted by molar-refractivity contribution is 7.90. The van der Waals surface area contributed by atoms with Gasteiger partial charge < -0.3 is 4.90 Å². The Balaban J connectivity index is 2.19. The summed E-state index contributed by atoms with van der Waals surface area (Å²) in [6.45, 7) is 1.75. The van der Waals surface area contributed by atoms with Gasteiger partial charge in [0.15, 0.2) is 9.84 Å². The maximum atomic E-state index is 12.6. The Bertz CT molecular complexity index is 889. The van der Waals surface area contributed by atoms with E-state index in [1.807, 2.05) is 0 Å². The quantitative estimate of drug-likeness (QED) is 0.801. The number of carbonyl (C=O) groups excluding carboxylic acids is 1. The van der Waals surface area contributed by atoms with Crippen LogP contribution in [-0.2, 0) is 16.0 Å². The van der Waals surface area contributed by atoms with Crippen LogP contribution in [0.2, 0.25) is 0 Å². The summed E-state index contributed by atoms with van der Waals surface area (Å²) in [5.74, 6) is -0.432. The molecular formula is C18H18F3NO3S. The van der Waals surface area contributed by atoms with E-state index in [1.54, 1.807) is 19.1 Å². The van der Waals surface area contributed by atoms with Gasteiger partial charge in [0.2, 0.25) is 0 Å². The smallest absolute Gasteiger partial charge is 0.335 e. The van der Waals surface area contributed by atoms with Crippen LogP contribution in [0.1, 0.15) is 34.5 Å². The van der Waals surface area contributed by atoms with Crippen molar-refractivity contribution in [1.82, 2.24) is 4.90 Å². The molecule has 0 aromatic heterocycles. The van der Waals surface area contributed by atoms with Crippen LogP contribution in [0.15, 0.2) is 53.4 Å². The zero-order chi connectivity index (χ0) is 19.7. The minimum atomic E-state index is -4.46.